The Balaban J connectivity index is 2.04. The van der Waals surface area contributed by atoms with Gasteiger partial charge in [0.1, 0.15) is 10.7 Å². The van der Waals surface area contributed by atoms with Gasteiger partial charge in [0.15, 0.2) is 5.65 Å². The van der Waals surface area contributed by atoms with E-state index in [1.165, 1.54) is 0 Å². The van der Waals surface area contributed by atoms with Gasteiger partial charge in [-0.3, -0.25) is 4.79 Å². The van der Waals surface area contributed by atoms with Crippen LogP contribution in [0.1, 0.15) is 39.2 Å². The van der Waals surface area contributed by atoms with Crippen molar-refractivity contribution in [3.8, 4) is 0 Å². The summed E-state index contributed by atoms with van der Waals surface area (Å²) in [5, 5.41) is 17.1. The number of pyridine rings is 1. The molecule has 2 aromatic heterocycles. The summed E-state index contributed by atoms with van der Waals surface area (Å²) < 4.78 is 1.89. The van der Waals surface area contributed by atoms with Crippen molar-refractivity contribution >= 4 is 34.4 Å². The number of hydrogen-bond donors (Lipinski definition) is 3. The molecule has 2 aromatic rings. The number of nitrogens with zero attached hydrogens (tertiary/aromatic N) is 3. The molecule has 0 radical (unpaired) electrons. The molecule has 1 fully saturated rings. The monoisotopic (exact) mass is 379 g/mol. The van der Waals surface area contributed by atoms with Crippen molar-refractivity contribution in [2.75, 3.05) is 18.9 Å². The third-order valence-corrected chi connectivity index (χ3v) is 5.48. The first-order valence-corrected chi connectivity index (χ1v) is 9.56. The number of carbonyl (C=O) groups excluding carboxylic acids is 1. The third-order valence-electron chi connectivity index (χ3n) is 5.29. The molecule has 4 atom stereocenters. The molecule has 2 heterocycles. The van der Waals surface area contributed by atoms with Crippen molar-refractivity contribution in [2.45, 2.75) is 45.3 Å². The summed E-state index contributed by atoms with van der Waals surface area (Å²) in [5.74, 6) is -0.242. The Morgan fingerprint density at radius 2 is 2.23 bits per heavy atom. The fourth-order valence-corrected chi connectivity index (χ4v) is 4.28. The molecule has 1 saturated carbocycles. The van der Waals surface area contributed by atoms with Crippen LogP contribution in [0.15, 0.2) is 12.4 Å². The Hall–Kier alpha value is -1.86. The van der Waals surface area contributed by atoms with Crippen molar-refractivity contribution in [3.05, 3.63) is 17.5 Å². The fraction of sp³-hybridized carbons (Fsp3) is 0.611. The van der Waals surface area contributed by atoms with Crippen LogP contribution in [0.4, 0.5) is 5.69 Å². The highest BCUT2D eigenvalue weighted by Gasteiger charge is 2.46. The van der Waals surface area contributed by atoms with Gasteiger partial charge in [-0.1, -0.05) is 31.9 Å². The molecule has 0 bridgehead atoms. The van der Waals surface area contributed by atoms with Crippen LogP contribution in [-0.2, 0) is 4.79 Å². The Labute approximate surface area is 158 Å². The first kappa shape index (κ1) is 18.9. The first-order chi connectivity index (χ1) is 12.5. The fourth-order valence-electron chi connectivity index (χ4n) is 4.09. The second-order valence-electron chi connectivity index (χ2n) is 6.83. The maximum atomic E-state index is 12.2. The Bertz CT molecular complexity index is 793. The predicted molar refractivity (Wildman–Crippen MR) is 102 cm³/mol. The van der Waals surface area contributed by atoms with Crippen LogP contribution in [0.25, 0.3) is 11.2 Å². The van der Waals surface area contributed by atoms with E-state index in [1.807, 2.05) is 11.5 Å². The van der Waals surface area contributed by atoms with Crippen molar-refractivity contribution in [2.24, 2.45) is 11.8 Å². The van der Waals surface area contributed by atoms with Crippen molar-refractivity contribution in [1.82, 2.24) is 19.9 Å². The number of carbonyl (C=O) groups is 1. The van der Waals surface area contributed by atoms with Gasteiger partial charge in [0.2, 0.25) is 5.91 Å². The van der Waals surface area contributed by atoms with Gasteiger partial charge >= 0.3 is 0 Å². The van der Waals surface area contributed by atoms with E-state index in [0.29, 0.717) is 17.2 Å². The van der Waals surface area contributed by atoms with Crippen LogP contribution in [0.2, 0.25) is 5.15 Å². The van der Waals surface area contributed by atoms with Gasteiger partial charge in [-0.2, -0.15) is 0 Å². The van der Waals surface area contributed by atoms with E-state index < -0.39 is 6.10 Å². The average Bonchev–Trinajstić information content (AvgIpc) is 3.18. The Morgan fingerprint density at radius 1 is 1.46 bits per heavy atom. The number of rotatable bonds is 6. The Kier molecular flexibility index (Phi) is 5.67. The van der Waals surface area contributed by atoms with Gasteiger partial charge in [-0.25, -0.2) is 9.97 Å². The lowest BCUT2D eigenvalue weighted by atomic mass is 9.90. The number of hydrogen-bond acceptors (Lipinski definition) is 5. The first-order valence-electron chi connectivity index (χ1n) is 9.18. The minimum absolute atomic E-state index is 0.00943. The van der Waals surface area contributed by atoms with Gasteiger partial charge in [-0.15, -0.1) is 0 Å². The summed E-state index contributed by atoms with van der Waals surface area (Å²) in [5.41, 5.74) is 2.20. The molecule has 8 heteroatoms. The molecule has 26 heavy (non-hydrogen) atoms. The average molecular weight is 380 g/mol. The van der Waals surface area contributed by atoms with Crippen LogP contribution in [-0.4, -0.2) is 45.2 Å². The standard InChI is InChI=1S/C18H26ClN5O2/c1-4-6-21-12-8-14(19)23-17-15(12)22-9-24(17)16-10(5-2)11(7-13(16)25)18(26)20-3/h8-11,13,16,25H,4-7H2,1-3H3,(H,20,26)(H,21,23)/t10-,11?,13+,16+/m0/s1. The predicted octanol–water partition coefficient (Wildman–Crippen LogP) is 2.60. The second-order valence-corrected chi connectivity index (χ2v) is 7.22. The lowest BCUT2D eigenvalue weighted by molar-refractivity contribution is -0.125. The molecule has 1 unspecified atom stereocenters. The number of anilines is 1. The van der Waals surface area contributed by atoms with E-state index in [1.54, 1.807) is 19.4 Å². The van der Waals surface area contributed by atoms with E-state index in [9.17, 15) is 9.90 Å². The van der Waals surface area contributed by atoms with Crippen molar-refractivity contribution < 1.29 is 9.90 Å². The van der Waals surface area contributed by atoms with Crippen molar-refractivity contribution in [3.63, 3.8) is 0 Å². The molecule has 3 N–H and O–H groups in total. The minimum Gasteiger partial charge on any atom is -0.391 e. The maximum Gasteiger partial charge on any atom is 0.223 e. The SMILES string of the molecule is CCCNc1cc(Cl)nc2c1ncn2[C@H]1[C@H](O)CC(C(=O)NC)[C@@H]1CC. The number of aromatic nitrogens is 3. The van der Waals surface area contributed by atoms with Crippen LogP contribution >= 0.6 is 11.6 Å². The molecule has 0 aromatic carbocycles. The molecule has 1 aliphatic carbocycles. The molecular weight excluding hydrogens is 354 g/mol. The quantitative estimate of drug-likeness (QED) is 0.671. The van der Waals surface area contributed by atoms with Gasteiger partial charge in [0, 0.05) is 25.6 Å². The van der Waals surface area contributed by atoms with Crippen LogP contribution < -0.4 is 10.6 Å². The van der Waals surface area contributed by atoms with E-state index in [-0.39, 0.29) is 23.8 Å². The molecule has 0 saturated heterocycles. The highest BCUT2D eigenvalue weighted by atomic mass is 35.5. The van der Waals surface area contributed by atoms with Gasteiger partial charge < -0.3 is 20.3 Å². The number of halogens is 1. The molecule has 7 nitrogen and oxygen atoms in total. The normalized spacial score (nSPS) is 25.6. The molecule has 1 amide bonds. The molecule has 142 valence electrons. The summed E-state index contributed by atoms with van der Waals surface area (Å²) in [4.78, 5) is 21.2. The number of imidazole rings is 1. The molecule has 1 aliphatic rings. The molecule has 0 spiro atoms. The lowest BCUT2D eigenvalue weighted by Crippen LogP contribution is -2.31. The summed E-state index contributed by atoms with van der Waals surface area (Å²) in [7, 11) is 1.63. The lowest BCUT2D eigenvalue weighted by Gasteiger charge is -2.25. The smallest absolute Gasteiger partial charge is 0.223 e. The number of aliphatic hydroxyl groups is 1. The van der Waals surface area contributed by atoms with Gasteiger partial charge in [0.05, 0.1) is 24.2 Å². The van der Waals surface area contributed by atoms with Crippen molar-refractivity contribution in [1.29, 1.82) is 0 Å². The summed E-state index contributed by atoms with van der Waals surface area (Å²) in [6.07, 6.45) is 3.26. The molecule has 3 rings (SSSR count). The largest absolute Gasteiger partial charge is 0.391 e. The van der Waals surface area contributed by atoms with E-state index in [2.05, 4.69) is 27.5 Å². The second kappa shape index (κ2) is 7.80. The highest BCUT2D eigenvalue weighted by Crippen LogP contribution is 2.44. The van der Waals surface area contributed by atoms with Crippen LogP contribution in [0.3, 0.4) is 0 Å². The van der Waals surface area contributed by atoms with E-state index >= 15 is 0 Å². The summed E-state index contributed by atoms with van der Waals surface area (Å²) in [6, 6.07) is 1.52. The van der Waals surface area contributed by atoms with E-state index in [4.69, 9.17) is 11.6 Å². The highest BCUT2D eigenvalue weighted by molar-refractivity contribution is 6.30. The van der Waals surface area contributed by atoms with Crippen LogP contribution in [0, 0.1) is 11.8 Å². The third kappa shape index (κ3) is 3.25. The molecular formula is C18H26ClN5O2. The van der Waals surface area contributed by atoms with Gasteiger partial charge in [0.25, 0.3) is 0 Å². The number of fused-ring (bicyclic) bond motifs is 1. The zero-order chi connectivity index (χ0) is 18.8. The maximum absolute atomic E-state index is 12.2. The van der Waals surface area contributed by atoms with E-state index in [0.717, 1.165) is 30.6 Å². The minimum atomic E-state index is -0.632. The van der Waals surface area contributed by atoms with Crippen LogP contribution in [0.5, 0.6) is 0 Å². The summed E-state index contributed by atoms with van der Waals surface area (Å²) in [6.45, 7) is 4.94. The topological polar surface area (TPSA) is 92.1 Å². The number of nitrogens with one attached hydrogen (secondary N) is 2. The van der Waals surface area contributed by atoms with Gasteiger partial charge in [-0.05, 0) is 18.8 Å². The summed E-state index contributed by atoms with van der Waals surface area (Å²) >= 11 is 6.23. The zero-order valence-corrected chi connectivity index (χ0v) is 16.1. The zero-order valence-electron chi connectivity index (χ0n) is 15.4. The Morgan fingerprint density at radius 3 is 2.88 bits per heavy atom. The number of aliphatic hydroxyl groups excluding tert-OH is 1. The number of amides is 1. The molecule has 0 aliphatic heterocycles.